The largest absolute Gasteiger partial charge is 0.461 e. The van der Waals surface area contributed by atoms with Crippen LogP contribution in [0.2, 0.25) is 0 Å². The van der Waals surface area contributed by atoms with Crippen LogP contribution in [0, 0.1) is 40.9 Å². The molecule has 0 amide bonds. The highest BCUT2D eigenvalue weighted by Gasteiger charge is 2.80. The van der Waals surface area contributed by atoms with Gasteiger partial charge in [0, 0.05) is 16.7 Å². The molecule has 1 saturated heterocycles. The van der Waals surface area contributed by atoms with Crippen molar-refractivity contribution in [3.63, 3.8) is 0 Å². The van der Waals surface area contributed by atoms with Gasteiger partial charge >= 0.3 is 0 Å². The summed E-state index contributed by atoms with van der Waals surface area (Å²) >= 11 is 0.803. The summed E-state index contributed by atoms with van der Waals surface area (Å²) in [4.78, 5) is 25.9. The number of allylic oxidation sites excluding steroid dienone is 4. The average Bonchev–Trinajstić information content (AvgIpc) is 3.53. The molecule has 0 spiro atoms. The number of carbonyl (C=O) groups excluding carboxylic acids is 2. The molecule has 0 radical (unpaired) electrons. The lowest BCUT2D eigenvalue weighted by Crippen LogP contribution is -2.70. The number of nitriles is 1. The number of ketones is 1. The van der Waals surface area contributed by atoms with E-state index in [1.807, 2.05) is 6.07 Å². The lowest BCUT2D eigenvalue weighted by molar-refractivity contribution is -0.233. The van der Waals surface area contributed by atoms with Gasteiger partial charge in [-0.3, -0.25) is 9.59 Å². The van der Waals surface area contributed by atoms with E-state index in [1.54, 1.807) is 26.0 Å². The second-order valence-corrected chi connectivity index (χ2v) is 12.5. The first kappa shape index (κ1) is 25.9. The lowest BCUT2D eigenvalue weighted by Gasteiger charge is -2.63. The van der Waals surface area contributed by atoms with Gasteiger partial charge in [0.25, 0.3) is 0 Å². The molecule has 38 heavy (non-hydrogen) atoms. The Morgan fingerprint density at radius 2 is 2.05 bits per heavy atom. The fourth-order valence-electron chi connectivity index (χ4n) is 8.21. The van der Waals surface area contributed by atoms with Crippen LogP contribution in [0.4, 0.5) is 8.78 Å². The maximum absolute atomic E-state index is 17.4. The highest BCUT2D eigenvalue weighted by Crippen LogP contribution is 2.73. The monoisotopic (exact) mass is 545 g/mol. The molecule has 1 aliphatic heterocycles. The maximum atomic E-state index is 17.4. The van der Waals surface area contributed by atoms with E-state index < -0.39 is 69.5 Å². The van der Waals surface area contributed by atoms with E-state index in [4.69, 9.17) is 19.2 Å². The van der Waals surface area contributed by atoms with Gasteiger partial charge in [-0.15, -0.1) is 0 Å². The first-order valence-electron chi connectivity index (χ1n) is 12.8. The molecule has 4 aliphatic carbocycles. The van der Waals surface area contributed by atoms with Crippen LogP contribution in [0.5, 0.6) is 0 Å². The lowest BCUT2D eigenvalue weighted by atomic mass is 9.44. The molecule has 0 bridgehead atoms. The van der Waals surface area contributed by atoms with Gasteiger partial charge in [0.05, 0.1) is 24.0 Å². The summed E-state index contributed by atoms with van der Waals surface area (Å²) in [7, 11) is 0. The fraction of sp³-hybridized carbons (Fsp3) is 0.607. The van der Waals surface area contributed by atoms with Crippen molar-refractivity contribution in [2.24, 2.45) is 22.7 Å². The van der Waals surface area contributed by atoms with E-state index in [0.29, 0.717) is 11.5 Å². The summed E-state index contributed by atoms with van der Waals surface area (Å²) in [5, 5.41) is 20.3. The molecule has 1 N–H and O–H groups in total. The minimum Gasteiger partial charge on any atom is -0.461 e. The molecular weight excluding hydrogens is 516 g/mol. The molecule has 10 heteroatoms. The van der Waals surface area contributed by atoms with Crippen molar-refractivity contribution in [3.05, 3.63) is 47.5 Å². The molecule has 7 nitrogen and oxygen atoms in total. The first-order chi connectivity index (χ1) is 17.9. The number of rotatable bonds is 3. The van der Waals surface area contributed by atoms with Gasteiger partial charge in [0.15, 0.2) is 22.8 Å². The molecule has 202 valence electrons. The maximum Gasteiger partial charge on any atom is 0.225 e. The van der Waals surface area contributed by atoms with Crippen LogP contribution in [0.1, 0.15) is 50.9 Å². The number of carbonyl (C=O) groups is 2. The molecule has 3 saturated carbocycles. The summed E-state index contributed by atoms with van der Waals surface area (Å²) in [5.74, 6) is -1.05. The average molecular weight is 546 g/mol. The minimum absolute atomic E-state index is 0.0423. The summed E-state index contributed by atoms with van der Waals surface area (Å²) in [6.45, 7) is 5.09. The molecule has 6 rings (SSSR count). The normalized spacial score (nSPS) is 47.0. The molecule has 1 aromatic rings. The van der Waals surface area contributed by atoms with Crippen molar-refractivity contribution < 1.29 is 37.4 Å². The third-order valence-electron chi connectivity index (χ3n) is 9.93. The number of alkyl halides is 2. The van der Waals surface area contributed by atoms with Gasteiger partial charge in [-0.05, 0) is 68.9 Å². The number of aliphatic hydroxyl groups is 1. The number of aliphatic hydroxyl groups excluding tert-OH is 1. The Balaban J connectivity index is 1.45. The zero-order valence-electron chi connectivity index (χ0n) is 21.3. The van der Waals surface area contributed by atoms with Gasteiger partial charge in [0.1, 0.15) is 11.9 Å². The van der Waals surface area contributed by atoms with Crippen molar-refractivity contribution in [3.8, 4) is 6.07 Å². The van der Waals surface area contributed by atoms with E-state index in [2.05, 4.69) is 0 Å². The Bertz CT molecular complexity index is 1320. The van der Waals surface area contributed by atoms with E-state index in [0.717, 1.165) is 17.8 Å². The van der Waals surface area contributed by atoms with Crippen molar-refractivity contribution in [2.45, 2.75) is 76.0 Å². The summed E-state index contributed by atoms with van der Waals surface area (Å²) in [6, 6.07) is 5.41. The zero-order valence-corrected chi connectivity index (χ0v) is 22.1. The second kappa shape index (κ2) is 8.34. The number of fused-ring (bicyclic) bond motifs is 7. The first-order valence-corrected chi connectivity index (χ1v) is 13.8. The van der Waals surface area contributed by atoms with E-state index in [-0.39, 0.29) is 30.6 Å². The zero-order chi connectivity index (χ0) is 27.3. The molecule has 1 unspecified atom stereocenters. The van der Waals surface area contributed by atoms with Crippen LogP contribution in [0.25, 0.3) is 0 Å². The SMILES string of the molecule is Cc1ccc(C2O[C@@H]3C[C@H]4[C@@H]5C[C@H](F)C6=CC(=O)C=C[C@]6(C)[C@@]5(F)[C@@H](O)C[C@]4(C)[C@]3(C(=O)SCC#N)O2)o1. The van der Waals surface area contributed by atoms with Gasteiger partial charge < -0.3 is 19.0 Å². The molecule has 10 atom stereocenters. The topological polar surface area (TPSA) is 110 Å². The quantitative estimate of drug-likeness (QED) is 0.593. The number of nitrogens with zero attached hydrogens (tertiary/aromatic N) is 1. The van der Waals surface area contributed by atoms with Crippen LogP contribution < -0.4 is 0 Å². The number of hydrogen-bond donors (Lipinski definition) is 1. The standard InChI is InChI=1S/C28H29F2NO6S/c1-14-4-5-20(35-14)23-36-22-12-16-17-11-19(29)18-10-15(32)6-7-25(18,2)27(17,30)21(33)13-26(16,3)28(22,37-23)24(34)38-9-8-31/h4-7,10,16-17,19,21-23,33H,9,11-13H2,1-3H3/t16-,17-,19-,21-,22+,23?,25-,26-,27-,28-/m0/s1. The smallest absolute Gasteiger partial charge is 0.225 e. The predicted octanol–water partition coefficient (Wildman–Crippen LogP) is 4.45. The van der Waals surface area contributed by atoms with Crippen LogP contribution >= 0.6 is 11.8 Å². The Labute approximate surface area is 223 Å². The molecule has 5 aliphatic rings. The van der Waals surface area contributed by atoms with Gasteiger partial charge in [-0.2, -0.15) is 5.26 Å². The number of hydrogen-bond acceptors (Lipinski definition) is 8. The highest BCUT2D eigenvalue weighted by atomic mass is 32.2. The molecule has 1 aromatic heterocycles. The molecule has 4 fully saturated rings. The molecular formula is C28H29F2NO6S. The Kier molecular flexibility index (Phi) is 5.69. The fourth-order valence-corrected chi connectivity index (χ4v) is 9.03. The van der Waals surface area contributed by atoms with Gasteiger partial charge in [0.2, 0.25) is 11.4 Å². The summed E-state index contributed by atoms with van der Waals surface area (Å²) < 4.78 is 51.6. The van der Waals surface area contributed by atoms with Crippen LogP contribution in [-0.2, 0) is 19.1 Å². The van der Waals surface area contributed by atoms with E-state index >= 15 is 8.78 Å². The van der Waals surface area contributed by atoms with E-state index in [9.17, 15) is 14.7 Å². The van der Waals surface area contributed by atoms with Crippen molar-refractivity contribution in [1.82, 2.24) is 0 Å². The van der Waals surface area contributed by atoms with Crippen LogP contribution in [-0.4, -0.2) is 51.4 Å². The number of furan rings is 1. The van der Waals surface area contributed by atoms with Crippen molar-refractivity contribution in [2.75, 3.05) is 5.75 Å². The summed E-state index contributed by atoms with van der Waals surface area (Å²) in [5.41, 5.74) is -6.49. The number of aryl methyl sites for hydroxylation is 1. The highest BCUT2D eigenvalue weighted by molar-refractivity contribution is 8.14. The van der Waals surface area contributed by atoms with Crippen LogP contribution in [0.15, 0.2) is 40.4 Å². The third-order valence-corrected chi connectivity index (χ3v) is 10.8. The van der Waals surface area contributed by atoms with Crippen LogP contribution in [0.3, 0.4) is 0 Å². The number of ether oxygens (including phenoxy) is 2. The Hall–Kier alpha value is -2.32. The number of thioether (sulfide) groups is 1. The third kappa shape index (κ3) is 3.05. The minimum atomic E-state index is -2.27. The predicted molar refractivity (Wildman–Crippen MR) is 132 cm³/mol. The molecule has 2 heterocycles. The van der Waals surface area contributed by atoms with Gasteiger partial charge in [-0.25, -0.2) is 8.78 Å². The Morgan fingerprint density at radius 3 is 2.74 bits per heavy atom. The summed E-state index contributed by atoms with van der Waals surface area (Å²) in [6.07, 6.45) is -1.37. The number of halogens is 2. The second-order valence-electron chi connectivity index (χ2n) is 11.6. The van der Waals surface area contributed by atoms with Gasteiger partial charge in [-0.1, -0.05) is 24.8 Å². The van der Waals surface area contributed by atoms with E-state index in [1.165, 1.54) is 19.1 Å². The van der Waals surface area contributed by atoms with Crippen molar-refractivity contribution in [1.29, 1.82) is 5.26 Å². The van der Waals surface area contributed by atoms with Crippen molar-refractivity contribution >= 4 is 22.7 Å². The Morgan fingerprint density at radius 1 is 1.29 bits per heavy atom. The molecule has 0 aromatic carbocycles.